The number of Topliss-reactive ketones (excluding diaryl/α,β-unsaturated/α-hetero) is 1. The van der Waals surface area contributed by atoms with Gasteiger partial charge < -0.3 is 4.74 Å². The van der Waals surface area contributed by atoms with E-state index in [-0.39, 0.29) is 5.56 Å². The Hall–Kier alpha value is -1.79. The number of rotatable bonds is 5. The predicted molar refractivity (Wildman–Crippen MR) is 91.6 cm³/mol. The Labute approximate surface area is 148 Å². The lowest BCUT2D eigenvalue weighted by atomic mass is 9.82. The molecule has 0 aliphatic carbocycles. The van der Waals surface area contributed by atoms with E-state index in [0.29, 0.717) is 0 Å². The van der Waals surface area contributed by atoms with Crippen LogP contribution >= 0.6 is 0 Å². The smallest absolute Gasteiger partial charge is 0.386 e. The van der Waals surface area contributed by atoms with E-state index in [9.17, 15) is 9.59 Å². The van der Waals surface area contributed by atoms with Crippen LogP contribution in [0.3, 0.4) is 0 Å². The number of ether oxygens (including phenoxy) is 1. The first-order chi connectivity index (χ1) is 11.5. The first kappa shape index (κ1) is 19.5. The Kier molecular flexibility index (Phi) is 5.35. The maximum absolute atomic E-state index is 15.6. The van der Waals surface area contributed by atoms with E-state index >= 15 is 4.39 Å². The van der Waals surface area contributed by atoms with Gasteiger partial charge in [0.2, 0.25) is 5.78 Å². The van der Waals surface area contributed by atoms with E-state index in [1.54, 1.807) is 18.2 Å². The van der Waals surface area contributed by atoms with E-state index in [1.807, 2.05) is 27.7 Å². The number of hydrogen-bond donors (Lipinski definition) is 0. The second-order valence-electron chi connectivity index (χ2n) is 7.65. The molecule has 6 heteroatoms. The summed E-state index contributed by atoms with van der Waals surface area (Å²) >= 11 is 0. The number of piperidine rings is 1. The van der Waals surface area contributed by atoms with Crippen LogP contribution in [0.1, 0.15) is 57.3 Å². The number of ketones is 1. The fourth-order valence-corrected chi connectivity index (χ4v) is 3.43. The van der Waals surface area contributed by atoms with Gasteiger partial charge in [0.1, 0.15) is 0 Å². The van der Waals surface area contributed by atoms with Crippen molar-refractivity contribution >= 4 is 11.8 Å². The minimum atomic E-state index is -3.23. The molecular weight excluding hydrogens is 325 g/mol. The van der Waals surface area contributed by atoms with Gasteiger partial charge in [-0.05, 0) is 47.0 Å². The molecule has 0 radical (unpaired) electrons. The monoisotopic (exact) mass is 351 g/mol. The van der Waals surface area contributed by atoms with Gasteiger partial charge in [-0.25, -0.2) is 9.63 Å². The molecular formula is C19H26FNO4. The number of hydrogen-bond acceptors (Lipinski definition) is 5. The van der Waals surface area contributed by atoms with Crippen molar-refractivity contribution in [2.24, 2.45) is 0 Å². The molecule has 0 N–H and O–H groups in total. The van der Waals surface area contributed by atoms with Crippen LogP contribution < -0.4 is 0 Å². The van der Waals surface area contributed by atoms with Crippen molar-refractivity contribution in [1.29, 1.82) is 0 Å². The van der Waals surface area contributed by atoms with Crippen molar-refractivity contribution in [2.45, 2.75) is 63.9 Å². The second-order valence-corrected chi connectivity index (χ2v) is 7.65. The van der Waals surface area contributed by atoms with Crippen LogP contribution in [0.5, 0.6) is 0 Å². The highest BCUT2D eigenvalue weighted by Gasteiger charge is 2.56. The summed E-state index contributed by atoms with van der Waals surface area (Å²) in [5, 5.41) is 1.45. The number of carbonyl (C=O) groups is 2. The lowest BCUT2D eigenvalue weighted by Gasteiger charge is -2.52. The zero-order chi connectivity index (χ0) is 18.9. The molecule has 1 aliphatic rings. The molecule has 1 atom stereocenters. The summed E-state index contributed by atoms with van der Waals surface area (Å²) in [7, 11) is 1.03. The van der Waals surface area contributed by atoms with Gasteiger partial charge in [-0.2, -0.15) is 9.45 Å². The Balaban J connectivity index is 2.44. The van der Waals surface area contributed by atoms with Crippen molar-refractivity contribution in [1.82, 2.24) is 5.06 Å². The van der Waals surface area contributed by atoms with Gasteiger partial charge >= 0.3 is 11.8 Å². The molecule has 1 aliphatic heterocycles. The minimum absolute atomic E-state index is 0.0445. The number of benzene rings is 1. The quantitative estimate of drug-likeness (QED) is 0.460. The number of esters is 1. The third-order valence-corrected chi connectivity index (χ3v) is 4.67. The molecule has 1 aromatic rings. The molecule has 0 spiro atoms. The highest BCUT2D eigenvalue weighted by Crippen LogP contribution is 2.41. The summed E-state index contributed by atoms with van der Waals surface area (Å²) in [6, 6.07) is 7.77. The second kappa shape index (κ2) is 6.84. The maximum atomic E-state index is 15.6. The van der Waals surface area contributed by atoms with E-state index in [0.717, 1.165) is 26.4 Å². The number of alkyl halides is 1. The zero-order valence-electron chi connectivity index (χ0n) is 15.5. The standard InChI is InChI=1S/C19H26FNO4/c1-17(2)12-9-13-18(3,4)21(17)25-19(20,16(23)24-5)15(22)14-10-7-6-8-11-14/h6-8,10-11H,9,12-13H2,1-5H3. The summed E-state index contributed by atoms with van der Waals surface area (Å²) in [5.74, 6) is -5.67. The van der Waals surface area contributed by atoms with E-state index in [1.165, 1.54) is 17.2 Å². The minimum Gasteiger partial charge on any atom is -0.464 e. The number of halogens is 1. The SMILES string of the molecule is COC(=O)C(F)(ON1C(C)(C)CCCC1(C)C)C(=O)c1ccccc1. The summed E-state index contributed by atoms with van der Waals surface area (Å²) in [5.41, 5.74) is -1.03. The normalized spacial score (nSPS) is 22.0. The summed E-state index contributed by atoms with van der Waals surface area (Å²) in [6.07, 6.45) is 2.46. The lowest BCUT2D eigenvalue weighted by molar-refractivity contribution is -0.344. The Morgan fingerprint density at radius 3 is 2.08 bits per heavy atom. The van der Waals surface area contributed by atoms with Crippen LogP contribution in [0.4, 0.5) is 4.39 Å². The molecule has 2 rings (SSSR count). The van der Waals surface area contributed by atoms with Crippen molar-refractivity contribution in [2.75, 3.05) is 7.11 Å². The molecule has 1 unspecified atom stereocenters. The largest absolute Gasteiger partial charge is 0.464 e. The van der Waals surface area contributed by atoms with Crippen molar-refractivity contribution < 1.29 is 23.6 Å². The number of hydroxylamine groups is 2. The molecule has 5 nitrogen and oxygen atoms in total. The topological polar surface area (TPSA) is 55.8 Å². The molecule has 1 aromatic carbocycles. The summed E-state index contributed by atoms with van der Waals surface area (Å²) < 4.78 is 20.2. The van der Waals surface area contributed by atoms with Gasteiger partial charge in [-0.3, -0.25) is 4.79 Å². The van der Waals surface area contributed by atoms with Crippen LogP contribution in [-0.2, 0) is 14.4 Å². The van der Waals surface area contributed by atoms with Crippen molar-refractivity contribution in [3.8, 4) is 0 Å². The Morgan fingerprint density at radius 2 is 1.60 bits per heavy atom. The molecule has 0 bridgehead atoms. The third-order valence-electron chi connectivity index (χ3n) is 4.67. The molecule has 1 heterocycles. The van der Waals surface area contributed by atoms with Crippen molar-refractivity contribution in [3.05, 3.63) is 35.9 Å². The van der Waals surface area contributed by atoms with Crippen LogP contribution in [0.25, 0.3) is 0 Å². The number of methoxy groups -OCH3 is 1. The highest BCUT2D eigenvalue weighted by atomic mass is 19.2. The van der Waals surface area contributed by atoms with Gasteiger partial charge in [0.15, 0.2) is 0 Å². The van der Waals surface area contributed by atoms with E-state index in [4.69, 9.17) is 4.84 Å². The molecule has 1 saturated heterocycles. The fourth-order valence-electron chi connectivity index (χ4n) is 3.43. The van der Waals surface area contributed by atoms with Gasteiger partial charge in [0.25, 0.3) is 0 Å². The number of carbonyl (C=O) groups excluding carboxylic acids is 2. The van der Waals surface area contributed by atoms with Gasteiger partial charge in [-0.1, -0.05) is 30.3 Å². The Morgan fingerprint density at radius 1 is 1.08 bits per heavy atom. The van der Waals surface area contributed by atoms with E-state index in [2.05, 4.69) is 4.74 Å². The van der Waals surface area contributed by atoms with Gasteiger partial charge in [-0.15, -0.1) is 0 Å². The van der Waals surface area contributed by atoms with E-state index < -0.39 is 28.7 Å². The zero-order valence-corrected chi connectivity index (χ0v) is 15.5. The van der Waals surface area contributed by atoms with Crippen LogP contribution in [0.15, 0.2) is 30.3 Å². The molecule has 1 fully saturated rings. The average molecular weight is 351 g/mol. The Bertz CT molecular complexity index is 628. The highest BCUT2D eigenvalue weighted by molar-refractivity contribution is 6.13. The molecule has 138 valence electrons. The van der Waals surface area contributed by atoms with Gasteiger partial charge in [0, 0.05) is 16.6 Å². The average Bonchev–Trinajstić information content (AvgIpc) is 2.57. The molecule has 25 heavy (non-hydrogen) atoms. The van der Waals surface area contributed by atoms with Crippen molar-refractivity contribution in [3.63, 3.8) is 0 Å². The number of nitrogens with zero attached hydrogens (tertiary/aromatic N) is 1. The molecule has 0 amide bonds. The van der Waals surface area contributed by atoms with Crippen LogP contribution in [0, 0.1) is 0 Å². The predicted octanol–water partition coefficient (Wildman–Crippen LogP) is 3.68. The first-order valence-corrected chi connectivity index (χ1v) is 8.41. The molecule has 0 saturated carbocycles. The molecule has 0 aromatic heterocycles. The maximum Gasteiger partial charge on any atom is 0.386 e. The fraction of sp³-hybridized carbons (Fsp3) is 0.579. The summed E-state index contributed by atoms with van der Waals surface area (Å²) in [6.45, 7) is 7.61. The van der Waals surface area contributed by atoms with Crippen LogP contribution in [0.2, 0.25) is 0 Å². The van der Waals surface area contributed by atoms with Crippen LogP contribution in [-0.4, -0.2) is 40.9 Å². The third kappa shape index (κ3) is 3.75. The first-order valence-electron chi connectivity index (χ1n) is 8.41. The van der Waals surface area contributed by atoms with Gasteiger partial charge in [0.05, 0.1) is 7.11 Å². The lowest BCUT2D eigenvalue weighted by Crippen LogP contribution is -2.63. The summed E-state index contributed by atoms with van der Waals surface area (Å²) in [4.78, 5) is 30.4.